The number of likely N-dealkylation sites (tertiary alicyclic amines) is 1. The topological polar surface area (TPSA) is 258 Å². The lowest BCUT2D eigenvalue weighted by Gasteiger charge is -2.32. The van der Waals surface area contributed by atoms with Gasteiger partial charge in [-0.2, -0.15) is 11.8 Å². The highest BCUT2D eigenvalue weighted by Gasteiger charge is 2.40. The molecule has 1 aliphatic rings. The van der Waals surface area contributed by atoms with Crippen LogP contribution in [-0.4, -0.2) is 111 Å². The van der Waals surface area contributed by atoms with Crippen LogP contribution in [0.3, 0.4) is 0 Å². The Bertz CT molecular complexity index is 1420. The first-order chi connectivity index (χ1) is 23.9. The van der Waals surface area contributed by atoms with Gasteiger partial charge in [-0.3, -0.25) is 28.5 Å². The molecule has 0 bridgehead atoms. The minimum Gasteiger partial charge on any atom is -0.480 e. The quantitative estimate of drug-likeness (QED) is 0.0839. The number of hydrogen-bond acceptors (Lipinski definition) is 9. The second-order valence-corrected chi connectivity index (χ2v) is 16.1. The van der Waals surface area contributed by atoms with Gasteiger partial charge in [-0.05, 0) is 60.7 Å². The molecule has 2 rings (SSSR count). The monoisotopic (exact) mass is 756 g/mol. The summed E-state index contributed by atoms with van der Waals surface area (Å²) in [6, 6.07) is 0.849. The van der Waals surface area contributed by atoms with Crippen LogP contribution in [0.25, 0.3) is 0 Å². The lowest BCUT2D eigenvalue weighted by Crippen LogP contribution is -2.60. The van der Waals surface area contributed by atoms with E-state index < -0.39 is 91.9 Å². The lowest BCUT2D eigenvalue weighted by atomic mass is 9.99. The van der Waals surface area contributed by atoms with Crippen molar-refractivity contribution in [2.75, 3.05) is 25.1 Å². The third-order valence-corrected chi connectivity index (χ3v) is 9.74. The summed E-state index contributed by atoms with van der Waals surface area (Å²) in [5.74, 6) is -4.11. The molecule has 0 aromatic heterocycles. The van der Waals surface area contributed by atoms with E-state index >= 15 is 0 Å². The summed E-state index contributed by atoms with van der Waals surface area (Å²) >= 11 is 1.46. The standard InChI is InChI=1S/C33H53N6O10PS/c1-19(2)15-25(33(45)46)37-29(41)23(12-14-51-5)36-31(43)26-7-6-13-39(26)32(44)28(20(3)4)38-30(42)24(35-27(40)17-34)16-21-8-10-22(11-9-21)18-50(47,48)49/h8-11,19-20,23-26,28H,6-7,12-18,34H2,1-5H3,(H,35,40)(H,36,43)(H,37,41)(H,38,42)(H,45,46)(H2,47,48,49)/t23-,24+,25-,26-,28-/m0/s1. The summed E-state index contributed by atoms with van der Waals surface area (Å²) in [5.41, 5.74) is 6.45. The number of benzene rings is 1. The highest BCUT2D eigenvalue weighted by atomic mass is 32.2. The number of amides is 5. The summed E-state index contributed by atoms with van der Waals surface area (Å²) in [6.07, 6.45) is 2.62. The number of carboxylic acids is 1. The zero-order chi connectivity index (χ0) is 38.5. The molecule has 1 heterocycles. The van der Waals surface area contributed by atoms with Crippen molar-refractivity contribution < 1.29 is 48.2 Å². The molecular formula is C33H53N6O10PS. The second-order valence-electron chi connectivity index (χ2n) is 13.5. The maximum atomic E-state index is 14.0. The summed E-state index contributed by atoms with van der Waals surface area (Å²) in [7, 11) is -4.29. The van der Waals surface area contributed by atoms with Gasteiger partial charge in [-0.1, -0.05) is 52.0 Å². The van der Waals surface area contributed by atoms with E-state index in [1.807, 2.05) is 20.1 Å². The molecule has 18 heteroatoms. The Morgan fingerprint density at radius 1 is 0.922 bits per heavy atom. The summed E-state index contributed by atoms with van der Waals surface area (Å²) < 4.78 is 11.4. The van der Waals surface area contributed by atoms with Gasteiger partial charge >= 0.3 is 13.6 Å². The van der Waals surface area contributed by atoms with Crippen molar-refractivity contribution in [2.24, 2.45) is 17.6 Å². The number of carbonyl (C=O) groups excluding carboxylic acids is 5. The van der Waals surface area contributed by atoms with Crippen molar-refractivity contribution >= 4 is 54.9 Å². The van der Waals surface area contributed by atoms with Gasteiger partial charge in [-0.25, -0.2) is 4.79 Å². The molecule has 286 valence electrons. The van der Waals surface area contributed by atoms with Crippen molar-refractivity contribution in [3.8, 4) is 0 Å². The van der Waals surface area contributed by atoms with Gasteiger partial charge in [0.1, 0.15) is 30.2 Å². The minimum absolute atomic E-state index is 0.000290. The average Bonchev–Trinajstić information content (AvgIpc) is 3.54. The van der Waals surface area contributed by atoms with Crippen LogP contribution in [-0.2, 0) is 45.9 Å². The SMILES string of the molecule is CSCC[C@H](NC(=O)[C@@H]1CCCN1C(=O)[C@@H](NC(=O)[C@@H](Cc1ccc(CP(=O)(O)O)cc1)NC(=O)CN)C(C)C)C(=O)N[C@@H](CC(C)C)C(=O)O. The molecule has 9 N–H and O–H groups in total. The van der Waals surface area contributed by atoms with Gasteiger partial charge < -0.3 is 46.8 Å². The molecule has 1 aliphatic heterocycles. The van der Waals surface area contributed by atoms with Crippen molar-refractivity contribution in [1.82, 2.24) is 26.2 Å². The zero-order valence-corrected chi connectivity index (χ0v) is 31.5. The van der Waals surface area contributed by atoms with Gasteiger partial charge in [0.15, 0.2) is 0 Å². The molecule has 0 unspecified atom stereocenters. The van der Waals surface area contributed by atoms with E-state index in [0.717, 1.165) is 0 Å². The van der Waals surface area contributed by atoms with Crippen LogP contribution in [0.5, 0.6) is 0 Å². The third kappa shape index (κ3) is 14.6. The molecule has 5 amide bonds. The van der Waals surface area contributed by atoms with Crippen LogP contribution in [0.1, 0.15) is 64.5 Å². The maximum absolute atomic E-state index is 14.0. The van der Waals surface area contributed by atoms with Crippen molar-refractivity contribution in [3.05, 3.63) is 35.4 Å². The molecule has 0 aliphatic carbocycles. The minimum atomic E-state index is -4.29. The van der Waals surface area contributed by atoms with Crippen molar-refractivity contribution in [1.29, 1.82) is 0 Å². The van der Waals surface area contributed by atoms with Crippen LogP contribution in [0.4, 0.5) is 0 Å². The number of carbonyl (C=O) groups is 6. The molecule has 1 fully saturated rings. The molecule has 1 aromatic rings. The van der Waals surface area contributed by atoms with E-state index in [2.05, 4.69) is 21.3 Å². The van der Waals surface area contributed by atoms with Gasteiger partial charge in [0, 0.05) is 13.0 Å². The molecule has 5 atom stereocenters. The van der Waals surface area contributed by atoms with Crippen molar-refractivity contribution in [3.63, 3.8) is 0 Å². The summed E-state index contributed by atoms with van der Waals surface area (Å²) in [5, 5.41) is 20.2. The predicted molar refractivity (Wildman–Crippen MR) is 192 cm³/mol. The van der Waals surface area contributed by atoms with Crippen LogP contribution in [0.15, 0.2) is 24.3 Å². The van der Waals surface area contributed by atoms with E-state index in [-0.39, 0.29) is 31.7 Å². The Hall–Kier alpha value is -3.50. The Kier molecular flexibility index (Phi) is 17.6. The fourth-order valence-electron chi connectivity index (χ4n) is 5.70. The molecule has 16 nitrogen and oxygen atoms in total. The van der Waals surface area contributed by atoms with Crippen LogP contribution >= 0.6 is 19.4 Å². The Morgan fingerprint density at radius 3 is 2.06 bits per heavy atom. The highest BCUT2D eigenvalue weighted by Crippen LogP contribution is 2.39. The van der Waals surface area contributed by atoms with E-state index in [1.165, 1.54) is 28.8 Å². The fourth-order valence-corrected chi connectivity index (χ4v) is 6.86. The van der Waals surface area contributed by atoms with Gasteiger partial charge in [-0.15, -0.1) is 0 Å². The van der Waals surface area contributed by atoms with Crippen LogP contribution < -0.4 is 27.0 Å². The molecular weight excluding hydrogens is 703 g/mol. The first kappa shape index (κ1) is 43.7. The Labute approximate surface area is 303 Å². The molecule has 0 spiro atoms. The first-order valence-corrected chi connectivity index (χ1v) is 20.1. The van der Waals surface area contributed by atoms with Crippen LogP contribution in [0, 0.1) is 11.8 Å². The largest absolute Gasteiger partial charge is 0.480 e. The lowest BCUT2D eigenvalue weighted by molar-refractivity contribution is -0.144. The number of aliphatic carboxylic acids is 1. The maximum Gasteiger partial charge on any atom is 0.329 e. The fraction of sp³-hybridized carbons (Fsp3) is 0.636. The number of thioether (sulfide) groups is 1. The Balaban J connectivity index is 2.23. The van der Waals surface area contributed by atoms with Gasteiger partial charge in [0.25, 0.3) is 0 Å². The second kappa shape index (κ2) is 20.5. The average molecular weight is 757 g/mol. The number of nitrogens with one attached hydrogen (secondary N) is 4. The summed E-state index contributed by atoms with van der Waals surface area (Å²) in [6.45, 7) is 6.94. The number of hydrogen-bond donors (Lipinski definition) is 8. The molecule has 1 saturated heterocycles. The molecule has 51 heavy (non-hydrogen) atoms. The van der Waals surface area contributed by atoms with Crippen LogP contribution in [0.2, 0.25) is 0 Å². The first-order valence-electron chi connectivity index (χ1n) is 16.9. The smallest absolute Gasteiger partial charge is 0.329 e. The van der Waals surface area contributed by atoms with Crippen molar-refractivity contribution in [2.45, 2.75) is 96.2 Å². The number of carboxylic acid groups (broad SMARTS) is 1. The molecule has 0 radical (unpaired) electrons. The highest BCUT2D eigenvalue weighted by molar-refractivity contribution is 7.98. The number of rotatable bonds is 20. The third-order valence-electron chi connectivity index (χ3n) is 8.32. The molecule has 1 aromatic carbocycles. The van der Waals surface area contributed by atoms with E-state index in [4.69, 9.17) is 5.73 Å². The summed E-state index contributed by atoms with van der Waals surface area (Å²) in [4.78, 5) is 98.3. The van der Waals surface area contributed by atoms with Gasteiger partial charge in [0.05, 0.1) is 12.7 Å². The van der Waals surface area contributed by atoms with E-state index in [1.54, 1.807) is 26.0 Å². The van der Waals surface area contributed by atoms with E-state index in [9.17, 15) is 48.2 Å². The van der Waals surface area contributed by atoms with Gasteiger partial charge in [0.2, 0.25) is 29.5 Å². The zero-order valence-electron chi connectivity index (χ0n) is 29.8. The number of nitrogens with two attached hydrogens (primary N) is 1. The van der Waals surface area contributed by atoms with E-state index in [0.29, 0.717) is 29.7 Å². The normalized spacial score (nSPS) is 17.0. The molecule has 0 saturated carbocycles. The predicted octanol–water partition coefficient (Wildman–Crippen LogP) is 0.336. The number of nitrogens with zero attached hydrogens (tertiary/aromatic N) is 1. The Morgan fingerprint density at radius 2 is 1.53 bits per heavy atom.